The fourth-order valence-electron chi connectivity index (χ4n) is 2.13. The van der Waals surface area contributed by atoms with E-state index in [1.165, 1.54) is 31.4 Å². The third-order valence-electron chi connectivity index (χ3n) is 3.54. The predicted molar refractivity (Wildman–Crippen MR) is 98.8 cm³/mol. The molecule has 1 amide bonds. The topological polar surface area (TPSA) is 99.3 Å². The highest BCUT2D eigenvalue weighted by Crippen LogP contribution is 2.15. The van der Waals surface area contributed by atoms with Crippen molar-refractivity contribution in [3.63, 3.8) is 0 Å². The van der Waals surface area contributed by atoms with Crippen LogP contribution in [0.1, 0.15) is 12.8 Å². The highest BCUT2D eigenvalue weighted by atomic mass is 79.9. The van der Waals surface area contributed by atoms with E-state index in [9.17, 15) is 22.4 Å². The molecule has 0 fully saturated rings. The van der Waals surface area contributed by atoms with Gasteiger partial charge in [0.25, 0.3) is 5.56 Å². The van der Waals surface area contributed by atoms with E-state index < -0.39 is 27.3 Å². The lowest BCUT2D eigenvalue weighted by molar-refractivity contribution is -0.116. The van der Waals surface area contributed by atoms with E-state index in [1.807, 2.05) is 0 Å². The Hall–Kier alpha value is -2.04. The molecule has 0 spiro atoms. The summed E-state index contributed by atoms with van der Waals surface area (Å²) in [6.45, 7) is 0.0992. The van der Waals surface area contributed by atoms with Crippen molar-refractivity contribution in [2.24, 2.45) is 0 Å². The van der Waals surface area contributed by atoms with Crippen molar-refractivity contribution in [1.82, 2.24) is 9.29 Å². The largest absolute Gasteiger partial charge is 0.326 e. The number of carbonyl (C=O) groups excluding carboxylic acids is 1. The zero-order valence-corrected chi connectivity index (χ0v) is 16.2. The zero-order chi connectivity index (χ0) is 19.3. The SMILES string of the molecule is CN(CCCC(=O)Nc1cc(Br)c[nH]c1=O)S(=O)(=O)c1ccc(F)cc1. The van der Waals surface area contributed by atoms with Gasteiger partial charge < -0.3 is 10.3 Å². The molecule has 2 rings (SSSR count). The number of pyridine rings is 1. The average Bonchev–Trinajstić information content (AvgIpc) is 2.58. The number of rotatable bonds is 7. The number of sulfonamides is 1. The van der Waals surface area contributed by atoms with Crippen molar-refractivity contribution in [2.75, 3.05) is 18.9 Å². The summed E-state index contributed by atoms with van der Waals surface area (Å²) in [6, 6.07) is 6.00. The van der Waals surface area contributed by atoms with E-state index in [2.05, 4.69) is 26.2 Å². The number of nitrogens with one attached hydrogen (secondary N) is 2. The summed E-state index contributed by atoms with van der Waals surface area (Å²) < 4.78 is 39.3. The Morgan fingerprint density at radius 2 is 1.96 bits per heavy atom. The van der Waals surface area contributed by atoms with Gasteiger partial charge >= 0.3 is 0 Å². The van der Waals surface area contributed by atoms with E-state index in [0.717, 1.165) is 16.4 Å². The number of carbonyl (C=O) groups is 1. The second-order valence-corrected chi connectivity index (χ2v) is 8.45. The van der Waals surface area contributed by atoms with Crippen LogP contribution < -0.4 is 10.9 Å². The molecule has 0 aliphatic heterocycles. The number of halogens is 2. The van der Waals surface area contributed by atoms with E-state index in [-0.39, 0.29) is 30.0 Å². The van der Waals surface area contributed by atoms with E-state index in [1.54, 1.807) is 0 Å². The summed E-state index contributed by atoms with van der Waals surface area (Å²) in [6.07, 6.45) is 1.75. The molecule has 2 N–H and O–H groups in total. The number of nitrogens with zero attached hydrogens (tertiary/aromatic N) is 1. The minimum atomic E-state index is -3.75. The van der Waals surface area contributed by atoms with Gasteiger partial charge in [-0.2, -0.15) is 0 Å². The fraction of sp³-hybridized carbons (Fsp3) is 0.250. The van der Waals surface area contributed by atoms with Crippen LogP contribution in [0.25, 0.3) is 0 Å². The molecule has 0 saturated carbocycles. The quantitative estimate of drug-likeness (QED) is 0.682. The summed E-state index contributed by atoms with van der Waals surface area (Å²) in [7, 11) is -2.37. The Balaban J connectivity index is 1.90. The predicted octanol–water partition coefficient (Wildman–Crippen LogP) is 2.32. The van der Waals surface area contributed by atoms with E-state index in [4.69, 9.17) is 0 Å². The molecule has 10 heteroatoms. The molecule has 1 heterocycles. The summed E-state index contributed by atoms with van der Waals surface area (Å²) in [5, 5.41) is 2.48. The van der Waals surface area contributed by atoms with Gasteiger partial charge in [-0.3, -0.25) is 9.59 Å². The molecule has 7 nitrogen and oxygen atoms in total. The molecule has 2 aromatic rings. The van der Waals surface area contributed by atoms with Crippen molar-refractivity contribution in [3.05, 3.63) is 57.2 Å². The molecule has 1 aromatic heterocycles. The Bertz CT molecular complexity index is 945. The van der Waals surface area contributed by atoms with Gasteiger partial charge in [0.1, 0.15) is 11.5 Å². The first kappa shape index (κ1) is 20.3. The molecule has 0 bridgehead atoms. The molecule has 0 unspecified atom stereocenters. The molecule has 1 aromatic carbocycles. The van der Waals surface area contributed by atoms with Gasteiger partial charge in [-0.15, -0.1) is 0 Å². The van der Waals surface area contributed by atoms with Gasteiger partial charge in [0.15, 0.2) is 0 Å². The van der Waals surface area contributed by atoms with Crippen molar-refractivity contribution in [2.45, 2.75) is 17.7 Å². The minimum absolute atomic E-state index is 0.0217. The Morgan fingerprint density at radius 3 is 2.62 bits per heavy atom. The van der Waals surface area contributed by atoms with Crippen LogP contribution in [-0.4, -0.2) is 37.2 Å². The molecule has 0 aliphatic rings. The summed E-state index contributed by atoms with van der Waals surface area (Å²) in [5.41, 5.74) is -0.325. The van der Waals surface area contributed by atoms with Crippen LogP contribution in [0, 0.1) is 5.82 Å². The first-order valence-electron chi connectivity index (χ1n) is 7.60. The Morgan fingerprint density at radius 1 is 1.31 bits per heavy atom. The number of anilines is 1. The average molecular weight is 446 g/mol. The summed E-state index contributed by atoms with van der Waals surface area (Å²) >= 11 is 3.19. The first-order chi connectivity index (χ1) is 12.2. The van der Waals surface area contributed by atoms with Crippen LogP contribution in [0.2, 0.25) is 0 Å². The normalized spacial score (nSPS) is 11.5. The first-order valence-corrected chi connectivity index (χ1v) is 9.83. The van der Waals surface area contributed by atoms with Crippen molar-refractivity contribution >= 4 is 37.5 Å². The maximum atomic E-state index is 12.9. The van der Waals surface area contributed by atoms with Gasteiger partial charge in [0.05, 0.1) is 4.90 Å². The molecule has 0 atom stereocenters. The number of aromatic amines is 1. The van der Waals surface area contributed by atoms with Crippen molar-refractivity contribution < 1.29 is 17.6 Å². The second-order valence-electron chi connectivity index (χ2n) is 5.49. The molecule has 0 saturated heterocycles. The minimum Gasteiger partial charge on any atom is -0.326 e. The highest BCUT2D eigenvalue weighted by molar-refractivity contribution is 9.10. The number of aromatic nitrogens is 1. The molecule has 0 radical (unpaired) electrons. The maximum absolute atomic E-state index is 12.9. The van der Waals surface area contributed by atoms with Crippen molar-refractivity contribution in [3.8, 4) is 0 Å². The number of hydrogen-bond acceptors (Lipinski definition) is 4. The molecule has 0 aliphatic carbocycles. The van der Waals surface area contributed by atoms with Crippen LogP contribution in [0.4, 0.5) is 10.1 Å². The standard InChI is InChI=1S/C16H17BrFN3O4S/c1-21(26(24,25)13-6-4-12(18)5-7-13)8-2-3-15(22)20-14-9-11(17)10-19-16(14)23/h4-7,9-10H,2-3,8H2,1H3,(H,19,23)(H,20,22). The lowest BCUT2D eigenvalue weighted by Crippen LogP contribution is -2.29. The summed E-state index contributed by atoms with van der Waals surface area (Å²) in [5.74, 6) is -0.924. The van der Waals surface area contributed by atoms with Gasteiger partial charge in [-0.25, -0.2) is 17.1 Å². The monoisotopic (exact) mass is 445 g/mol. The lowest BCUT2D eigenvalue weighted by Gasteiger charge is -2.17. The van der Waals surface area contributed by atoms with Gasteiger partial charge in [-0.05, 0) is 52.7 Å². The maximum Gasteiger partial charge on any atom is 0.271 e. The lowest BCUT2D eigenvalue weighted by atomic mass is 10.3. The molecule has 140 valence electrons. The zero-order valence-electron chi connectivity index (χ0n) is 13.8. The molecule has 26 heavy (non-hydrogen) atoms. The Kier molecular flexibility index (Phi) is 6.68. The molecular formula is C16H17BrFN3O4S. The third kappa shape index (κ3) is 5.23. The van der Waals surface area contributed by atoms with Gasteiger partial charge in [0.2, 0.25) is 15.9 Å². The second kappa shape index (κ2) is 8.56. The van der Waals surface area contributed by atoms with E-state index in [0.29, 0.717) is 4.47 Å². The Labute approximate surface area is 158 Å². The van der Waals surface area contributed by atoms with Crippen LogP contribution in [0.15, 0.2) is 50.7 Å². The molecular weight excluding hydrogens is 429 g/mol. The smallest absolute Gasteiger partial charge is 0.271 e. The van der Waals surface area contributed by atoms with Gasteiger partial charge in [0, 0.05) is 30.7 Å². The highest BCUT2D eigenvalue weighted by Gasteiger charge is 2.20. The fourth-order valence-corrected chi connectivity index (χ4v) is 3.68. The van der Waals surface area contributed by atoms with E-state index >= 15 is 0 Å². The van der Waals surface area contributed by atoms with Gasteiger partial charge in [-0.1, -0.05) is 0 Å². The number of benzene rings is 1. The number of H-pyrrole nitrogens is 1. The number of hydrogen-bond donors (Lipinski definition) is 2. The van der Waals surface area contributed by atoms with Crippen LogP contribution in [-0.2, 0) is 14.8 Å². The van der Waals surface area contributed by atoms with Crippen molar-refractivity contribution in [1.29, 1.82) is 0 Å². The van der Waals surface area contributed by atoms with Crippen LogP contribution in [0.3, 0.4) is 0 Å². The summed E-state index contributed by atoms with van der Waals surface area (Å²) in [4.78, 5) is 26.0. The van der Waals surface area contributed by atoms with Crippen LogP contribution in [0.5, 0.6) is 0 Å². The third-order valence-corrected chi connectivity index (χ3v) is 5.87. The van der Waals surface area contributed by atoms with Crippen LogP contribution >= 0.6 is 15.9 Å². The number of amides is 1.